The molecule has 1 amide bonds. The highest BCUT2D eigenvalue weighted by Gasteiger charge is 2.41. The van der Waals surface area contributed by atoms with Gasteiger partial charge in [0, 0.05) is 25.2 Å². The summed E-state index contributed by atoms with van der Waals surface area (Å²) in [6, 6.07) is 9.48. The third-order valence-corrected chi connectivity index (χ3v) is 7.02. The fourth-order valence-corrected chi connectivity index (χ4v) is 5.69. The summed E-state index contributed by atoms with van der Waals surface area (Å²) in [6.45, 7) is 6.67. The lowest BCUT2D eigenvalue weighted by Gasteiger charge is -2.41. The molecule has 0 saturated carbocycles. The molecule has 0 aliphatic carbocycles. The summed E-state index contributed by atoms with van der Waals surface area (Å²) in [6.07, 6.45) is 11.1. The van der Waals surface area contributed by atoms with Crippen LogP contribution in [-0.2, 0) is 4.79 Å². The van der Waals surface area contributed by atoms with E-state index in [0.29, 0.717) is 5.92 Å². The summed E-state index contributed by atoms with van der Waals surface area (Å²) in [5, 5.41) is 0. The Balaban J connectivity index is 1.34. The van der Waals surface area contributed by atoms with Crippen molar-refractivity contribution in [3.63, 3.8) is 0 Å². The molecule has 0 radical (unpaired) electrons. The highest BCUT2D eigenvalue weighted by molar-refractivity contribution is 5.97. The summed E-state index contributed by atoms with van der Waals surface area (Å²) in [7, 11) is 0. The number of unbranched alkanes of at least 4 members (excludes halogenated alkanes) is 2. The number of benzene rings is 1. The molecule has 1 aromatic rings. The van der Waals surface area contributed by atoms with E-state index in [2.05, 4.69) is 18.7 Å². The molecule has 0 spiro atoms. The molecule has 0 N–H and O–H groups in total. The predicted molar refractivity (Wildman–Crippen MR) is 114 cm³/mol. The van der Waals surface area contributed by atoms with Crippen LogP contribution in [0.2, 0.25) is 0 Å². The summed E-state index contributed by atoms with van der Waals surface area (Å²) in [5.41, 5.74) is 0.934. The smallest absolute Gasteiger partial charge is 0.265 e. The van der Waals surface area contributed by atoms with E-state index in [0.717, 1.165) is 42.5 Å². The van der Waals surface area contributed by atoms with Crippen molar-refractivity contribution in [2.24, 2.45) is 11.8 Å². The van der Waals surface area contributed by atoms with Gasteiger partial charge in [-0.2, -0.15) is 0 Å². The van der Waals surface area contributed by atoms with Crippen LogP contribution in [0.25, 0.3) is 0 Å². The predicted octanol–water partition coefficient (Wildman–Crippen LogP) is 4.87. The second-order valence-corrected chi connectivity index (χ2v) is 9.28. The van der Waals surface area contributed by atoms with E-state index in [1.807, 2.05) is 29.2 Å². The number of carbonyl (C=O) groups is 1. The number of anilines is 1. The van der Waals surface area contributed by atoms with Crippen molar-refractivity contribution < 1.29 is 9.53 Å². The average Bonchev–Trinajstić information content (AvgIpc) is 2.92. The number of piperidine rings is 1. The van der Waals surface area contributed by atoms with Crippen LogP contribution in [0.15, 0.2) is 24.3 Å². The molecule has 28 heavy (non-hydrogen) atoms. The van der Waals surface area contributed by atoms with Gasteiger partial charge in [0.2, 0.25) is 0 Å². The Kier molecular flexibility index (Phi) is 6.25. The Hall–Kier alpha value is -1.55. The molecule has 2 fully saturated rings. The van der Waals surface area contributed by atoms with Gasteiger partial charge in [0.05, 0.1) is 5.69 Å². The first-order chi connectivity index (χ1) is 13.7. The van der Waals surface area contributed by atoms with Crippen molar-refractivity contribution in [1.29, 1.82) is 0 Å². The minimum absolute atomic E-state index is 0.0863. The van der Waals surface area contributed by atoms with Crippen LogP contribution in [0.1, 0.15) is 65.2 Å². The van der Waals surface area contributed by atoms with Gasteiger partial charge in [-0.15, -0.1) is 0 Å². The van der Waals surface area contributed by atoms with Crippen LogP contribution >= 0.6 is 0 Å². The van der Waals surface area contributed by atoms with Crippen molar-refractivity contribution in [3.8, 4) is 5.75 Å². The molecule has 3 aliphatic heterocycles. The van der Waals surface area contributed by atoms with Crippen LogP contribution in [0.3, 0.4) is 0 Å². The Bertz CT molecular complexity index is 662. The molecule has 4 atom stereocenters. The maximum atomic E-state index is 12.5. The molecule has 154 valence electrons. The SMILES string of the molecule is CCCCCC1C[C@H]2CC[C@@H](C1)N2CC(C)CN1C(=O)COc2ccccc21. The van der Waals surface area contributed by atoms with Gasteiger partial charge in [-0.25, -0.2) is 0 Å². The van der Waals surface area contributed by atoms with Crippen LogP contribution in [0.5, 0.6) is 5.75 Å². The van der Waals surface area contributed by atoms with Gasteiger partial charge in [-0.3, -0.25) is 9.69 Å². The summed E-state index contributed by atoms with van der Waals surface area (Å²) >= 11 is 0. The zero-order valence-corrected chi connectivity index (χ0v) is 17.6. The van der Waals surface area contributed by atoms with Gasteiger partial charge in [-0.1, -0.05) is 51.7 Å². The van der Waals surface area contributed by atoms with Gasteiger partial charge in [0.15, 0.2) is 6.61 Å². The van der Waals surface area contributed by atoms with Gasteiger partial charge < -0.3 is 9.64 Å². The summed E-state index contributed by atoms with van der Waals surface area (Å²) in [5.74, 6) is 2.34. The number of amides is 1. The van der Waals surface area contributed by atoms with Crippen LogP contribution in [0, 0.1) is 11.8 Å². The van der Waals surface area contributed by atoms with Crippen molar-refractivity contribution in [3.05, 3.63) is 24.3 Å². The van der Waals surface area contributed by atoms with E-state index in [9.17, 15) is 4.79 Å². The lowest BCUT2D eigenvalue weighted by atomic mass is 9.86. The lowest BCUT2D eigenvalue weighted by Crippen LogP contribution is -2.48. The molecule has 3 heterocycles. The Morgan fingerprint density at radius 3 is 2.61 bits per heavy atom. The molecule has 3 aliphatic rings. The fraction of sp³-hybridized carbons (Fsp3) is 0.708. The number of carbonyl (C=O) groups excluding carboxylic acids is 1. The minimum atomic E-state index is 0.0863. The number of rotatable bonds is 8. The summed E-state index contributed by atoms with van der Waals surface area (Å²) < 4.78 is 5.59. The molecule has 4 heteroatoms. The quantitative estimate of drug-likeness (QED) is 0.599. The number of para-hydroxylation sites is 2. The first-order valence-corrected chi connectivity index (χ1v) is 11.4. The molecule has 2 bridgehead atoms. The second kappa shape index (κ2) is 8.86. The van der Waals surface area contributed by atoms with E-state index in [4.69, 9.17) is 4.74 Å². The molecular formula is C24H36N2O2. The largest absolute Gasteiger partial charge is 0.482 e. The van der Waals surface area contributed by atoms with Gasteiger partial charge >= 0.3 is 0 Å². The van der Waals surface area contributed by atoms with Crippen LogP contribution < -0.4 is 9.64 Å². The maximum absolute atomic E-state index is 12.5. The van der Waals surface area contributed by atoms with E-state index in [-0.39, 0.29) is 12.5 Å². The zero-order chi connectivity index (χ0) is 19.5. The van der Waals surface area contributed by atoms with E-state index >= 15 is 0 Å². The minimum Gasteiger partial charge on any atom is -0.482 e. The van der Waals surface area contributed by atoms with Crippen LogP contribution in [-0.4, -0.2) is 42.6 Å². The van der Waals surface area contributed by atoms with Crippen molar-refractivity contribution in [1.82, 2.24) is 4.90 Å². The van der Waals surface area contributed by atoms with E-state index in [1.54, 1.807) is 0 Å². The third kappa shape index (κ3) is 4.22. The standard InChI is InChI=1S/C24H36N2O2/c1-3-4-5-8-19-13-20-11-12-21(14-19)25(20)15-18(2)16-26-22-9-6-7-10-23(22)28-17-24(26)27/h6-7,9-10,18-21H,3-5,8,11-17H2,1-2H3/t18?,19?,20-,21+. The first kappa shape index (κ1) is 19.8. The molecule has 2 unspecified atom stereocenters. The lowest BCUT2D eigenvalue weighted by molar-refractivity contribution is -0.121. The Morgan fingerprint density at radius 2 is 1.86 bits per heavy atom. The molecule has 2 saturated heterocycles. The summed E-state index contributed by atoms with van der Waals surface area (Å²) in [4.78, 5) is 17.2. The van der Waals surface area contributed by atoms with Gasteiger partial charge in [0.25, 0.3) is 5.91 Å². The van der Waals surface area contributed by atoms with Crippen molar-refractivity contribution in [2.75, 3.05) is 24.6 Å². The van der Waals surface area contributed by atoms with Crippen LogP contribution in [0.4, 0.5) is 5.69 Å². The molecule has 1 aromatic carbocycles. The number of hydrogen-bond donors (Lipinski definition) is 0. The highest BCUT2D eigenvalue weighted by atomic mass is 16.5. The highest BCUT2D eigenvalue weighted by Crippen LogP contribution is 2.41. The van der Waals surface area contributed by atoms with E-state index in [1.165, 1.54) is 51.4 Å². The second-order valence-electron chi connectivity index (χ2n) is 9.28. The zero-order valence-electron chi connectivity index (χ0n) is 17.6. The van der Waals surface area contributed by atoms with Crippen molar-refractivity contribution in [2.45, 2.75) is 77.3 Å². The normalized spacial score (nSPS) is 28.1. The molecule has 0 aromatic heterocycles. The molecule has 4 nitrogen and oxygen atoms in total. The first-order valence-electron chi connectivity index (χ1n) is 11.4. The Labute approximate surface area is 170 Å². The average molecular weight is 385 g/mol. The monoisotopic (exact) mass is 384 g/mol. The van der Waals surface area contributed by atoms with Gasteiger partial charge in [-0.05, 0) is 49.7 Å². The van der Waals surface area contributed by atoms with Gasteiger partial charge in [0.1, 0.15) is 5.75 Å². The number of hydrogen-bond acceptors (Lipinski definition) is 3. The number of fused-ring (bicyclic) bond motifs is 3. The maximum Gasteiger partial charge on any atom is 0.265 e. The topological polar surface area (TPSA) is 32.8 Å². The number of ether oxygens (including phenoxy) is 1. The third-order valence-electron chi connectivity index (χ3n) is 7.02. The van der Waals surface area contributed by atoms with E-state index < -0.39 is 0 Å². The molecule has 4 rings (SSSR count). The molecular weight excluding hydrogens is 348 g/mol. The fourth-order valence-electron chi connectivity index (χ4n) is 5.69. The van der Waals surface area contributed by atoms with Crippen molar-refractivity contribution >= 4 is 11.6 Å². The number of nitrogens with zero attached hydrogens (tertiary/aromatic N) is 2. The Morgan fingerprint density at radius 1 is 1.11 bits per heavy atom.